The summed E-state index contributed by atoms with van der Waals surface area (Å²) in [4.78, 5) is 23.0. The number of nitrogens with zero attached hydrogens (tertiary/aromatic N) is 1. The van der Waals surface area contributed by atoms with Crippen molar-refractivity contribution in [2.24, 2.45) is 5.10 Å². The second-order valence-electron chi connectivity index (χ2n) is 6.76. The molecular formula is C23H16Br2I2N2O5. The first-order valence-corrected chi connectivity index (χ1v) is 13.3. The van der Waals surface area contributed by atoms with Gasteiger partial charge in [-0.3, -0.25) is 4.79 Å². The molecule has 0 aromatic heterocycles. The van der Waals surface area contributed by atoms with Crippen LogP contribution in [0, 0.1) is 7.14 Å². The molecule has 0 fully saturated rings. The molecule has 0 spiro atoms. The molecule has 11 heteroatoms. The van der Waals surface area contributed by atoms with E-state index in [9.17, 15) is 9.59 Å². The highest BCUT2D eigenvalue weighted by Crippen LogP contribution is 2.30. The van der Waals surface area contributed by atoms with Crippen LogP contribution in [0.2, 0.25) is 0 Å². The van der Waals surface area contributed by atoms with E-state index in [1.165, 1.54) is 0 Å². The van der Waals surface area contributed by atoms with Crippen LogP contribution in [-0.4, -0.2) is 29.8 Å². The van der Waals surface area contributed by atoms with E-state index in [1.54, 1.807) is 36.5 Å². The Morgan fingerprint density at radius 1 is 1.00 bits per heavy atom. The van der Waals surface area contributed by atoms with Gasteiger partial charge in [0.1, 0.15) is 18.1 Å². The number of carbonyl (C=O) groups is 2. The van der Waals surface area contributed by atoms with Crippen LogP contribution in [0.3, 0.4) is 0 Å². The Labute approximate surface area is 239 Å². The van der Waals surface area contributed by atoms with Gasteiger partial charge >= 0.3 is 5.97 Å². The average molecular weight is 814 g/mol. The van der Waals surface area contributed by atoms with Crippen molar-refractivity contribution in [3.8, 4) is 11.5 Å². The molecule has 0 aliphatic heterocycles. The Morgan fingerprint density at radius 2 is 1.68 bits per heavy atom. The van der Waals surface area contributed by atoms with Gasteiger partial charge in [-0.1, -0.05) is 28.1 Å². The highest BCUT2D eigenvalue weighted by Gasteiger charge is 2.10. The third kappa shape index (κ3) is 7.92. The summed E-state index contributed by atoms with van der Waals surface area (Å²) in [6.07, 6.45) is 1.55. The molecule has 34 heavy (non-hydrogen) atoms. The molecule has 0 saturated carbocycles. The summed E-state index contributed by atoms with van der Waals surface area (Å²) < 4.78 is 14.8. The van der Waals surface area contributed by atoms with Crippen molar-refractivity contribution in [3.63, 3.8) is 0 Å². The van der Waals surface area contributed by atoms with Gasteiger partial charge in [0, 0.05) is 4.47 Å². The van der Waals surface area contributed by atoms with Crippen molar-refractivity contribution >= 4 is 95.1 Å². The topological polar surface area (TPSA) is 97.2 Å². The summed E-state index contributed by atoms with van der Waals surface area (Å²) in [6, 6.07) is 15.7. The van der Waals surface area contributed by atoms with Crippen molar-refractivity contribution in [2.45, 2.75) is 6.61 Å². The second-order valence-corrected chi connectivity index (χ2v) is 10.9. The summed E-state index contributed by atoms with van der Waals surface area (Å²) in [7, 11) is 0. The molecule has 0 saturated heterocycles. The van der Waals surface area contributed by atoms with Gasteiger partial charge in [0.25, 0.3) is 5.91 Å². The molecule has 176 valence electrons. The fraction of sp³-hybridized carbons (Fsp3) is 0.0870. The lowest BCUT2D eigenvalue weighted by Gasteiger charge is -2.11. The van der Waals surface area contributed by atoms with Gasteiger partial charge in [-0.25, -0.2) is 10.2 Å². The standard InChI is InChI=1S/C23H16Br2I2N2O5/c24-16-5-6-20(17(25)9-16)33-12-21(30)29-28-10-14-7-18(26)22(19(27)8-14)34-11-13-1-3-15(4-2-13)23(31)32/h1-10H,11-12H2,(H,29,30)(H,31,32)/b28-10+. The Balaban J connectivity index is 1.54. The molecule has 0 aliphatic carbocycles. The van der Waals surface area contributed by atoms with Crippen molar-refractivity contribution < 1.29 is 24.2 Å². The van der Waals surface area contributed by atoms with Crippen molar-refractivity contribution in [1.29, 1.82) is 0 Å². The Morgan fingerprint density at radius 3 is 2.29 bits per heavy atom. The number of amides is 1. The normalized spacial score (nSPS) is 10.8. The minimum Gasteiger partial charge on any atom is -0.487 e. The maximum Gasteiger partial charge on any atom is 0.335 e. The van der Waals surface area contributed by atoms with E-state index >= 15 is 0 Å². The van der Waals surface area contributed by atoms with Crippen molar-refractivity contribution in [1.82, 2.24) is 5.43 Å². The number of hydrogen-bond acceptors (Lipinski definition) is 5. The van der Waals surface area contributed by atoms with Crippen LogP contribution in [0.4, 0.5) is 0 Å². The fourth-order valence-electron chi connectivity index (χ4n) is 2.64. The fourth-order valence-corrected chi connectivity index (χ4v) is 5.93. The maximum atomic E-state index is 12.0. The predicted molar refractivity (Wildman–Crippen MR) is 153 cm³/mol. The monoisotopic (exact) mass is 812 g/mol. The first-order valence-electron chi connectivity index (χ1n) is 9.57. The maximum absolute atomic E-state index is 12.0. The minimum absolute atomic E-state index is 0.174. The van der Waals surface area contributed by atoms with Gasteiger partial charge in [0.15, 0.2) is 6.61 Å². The zero-order valence-corrected chi connectivity index (χ0v) is 24.7. The number of aromatic carboxylic acids is 1. The van der Waals surface area contributed by atoms with Crippen molar-refractivity contribution in [2.75, 3.05) is 6.61 Å². The number of nitrogens with one attached hydrogen (secondary N) is 1. The zero-order valence-electron chi connectivity index (χ0n) is 17.2. The molecule has 1 amide bonds. The van der Waals surface area contributed by atoms with Crippen LogP contribution in [0.25, 0.3) is 0 Å². The number of carboxylic acid groups (broad SMARTS) is 1. The van der Waals surface area contributed by atoms with Gasteiger partial charge in [-0.15, -0.1) is 0 Å². The predicted octanol–water partition coefficient (Wildman–Crippen LogP) is 6.23. The number of carbonyl (C=O) groups excluding carboxylic acids is 1. The molecule has 0 heterocycles. The number of halogens is 4. The van der Waals surface area contributed by atoms with Gasteiger partial charge < -0.3 is 14.6 Å². The quantitative estimate of drug-likeness (QED) is 0.152. The van der Waals surface area contributed by atoms with Crippen LogP contribution in [0.15, 0.2) is 68.6 Å². The molecule has 3 aromatic carbocycles. The lowest BCUT2D eigenvalue weighted by Crippen LogP contribution is -2.24. The average Bonchev–Trinajstić information content (AvgIpc) is 2.78. The van der Waals surface area contributed by atoms with Crippen LogP contribution in [0.5, 0.6) is 11.5 Å². The van der Waals surface area contributed by atoms with E-state index in [0.29, 0.717) is 12.4 Å². The van der Waals surface area contributed by atoms with Crippen LogP contribution < -0.4 is 14.9 Å². The Hall–Kier alpha value is -1.71. The number of benzene rings is 3. The lowest BCUT2D eigenvalue weighted by molar-refractivity contribution is -0.123. The molecule has 0 bridgehead atoms. The summed E-state index contributed by atoms with van der Waals surface area (Å²) in [5, 5.41) is 13.0. The van der Waals surface area contributed by atoms with E-state index in [1.807, 2.05) is 24.3 Å². The van der Waals surface area contributed by atoms with E-state index in [0.717, 1.165) is 33.0 Å². The van der Waals surface area contributed by atoms with Gasteiger partial charge in [-0.05, 0) is 115 Å². The van der Waals surface area contributed by atoms with Gasteiger partial charge in [0.2, 0.25) is 0 Å². The minimum atomic E-state index is -0.963. The highest BCUT2D eigenvalue weighted by atomic mass is 127. The molecule has 7 nitrogen and oxygen atoms in total. The van der Waals surface area contributed by atoms with E-state index in [2.05, 4.69) is 87.6 Å². The van der Waals surface area contributed by atoms with Crippen LogP contribution >= 0.6 is 77.0 Å². The SMILES string of the molecule is O=C(COc1ccc(Br)cc1Br)N/N=C/c1cc(I)c(OCc2ccc(C(=O)O)cc2)c(I)c1. The smallest absolute Gasteiger partial charge is 0.335 e. The Kier molecular flexibility index (Phi) is 10.2. The first kappa shape index (κ1) is 26.9. The third-order valence-corrected chi connectivity index (χ3v) is 6.98. The number of rotatable bonds is 9. The highest BCUT2D eigenvalue weighted by molar-refractivity contribution is 14.1. The largest absolute Gasteiger partial charge is 0.487 e. The first-order chi connectivity index (χ1) is 16.2. The summed E-state index contributed by atoms with van der Waals surface area (Å²) >= 11 is 11.1. The Bertz CT molecular complexity index is 1210. The number of hydrazone groups is 1. The molecule has 0 aliphatic rings. The van der Waals surface area contributed by atoms with Crippen molar-refractivity contribution in [3.05, 3.63) is 87.4 Å². The molecule has 0 radical (unpaired) electrons. The molecule has 0 atom stereocenters. The van der Waals surface area contributed by atoms with Gasteiger partial charge in [0.05, 0.1) is 23.4 Å². The van der Waals surface area contributed by atoms with Crippen LogP contribution in [-0.2, 0) is 11.4 Å². The third-order valence-electron chi connectivity index (χ3n) is 4.26. The number of carboxylic acids is 1. The number of hydrogen-bond donors (Lipinski definition) is 2. The van der Waals surface area contributed by atoms with Gasteiger partial charge in [-0.2, -0.15) is 5.10 Å². The second kappa shape index (κ2) is 12.8. The zero-order chi connectivity index (χ0) is 24.7. The van der Waals surface area contributed by atoms with Crippen LogP contribution in [0.1, 0.15) is 21.5 Å². The summed E-state index contributed by atoms with van der Waals surface area (Å²) in [5.41, 5.74) is 4.34. The molecule has 2 N–H and O–H groups in total. The molecule has 0 unspecified atom stereocenters. The number of ether oxygens (including phenoxy) is 2. The van der Waals surface area contributed by atoms with E-state index in [4.69, 9.17) is 14.6 Å². The van der Waals surface area contributed by atoms with E-state index < -0.39 is 5.97 Å². The lowest BCUT2D eigenvalue weighted by atomic mass is 10.1. The summed E-state index contributed by atoms with van der Waals surface area (Å²) in [5.74, 6) is -0.0717. The molecular weight excluding hydrogens is 798 g/mol. The summed E-state index contributed by atoms with van der Waals surface area (Å²) in [6.45, 7) is 0.136. The molecule has 3 aromatic rings. The van der Waals surface area contributed by atoms with E-state index in [-0.39, 0.29) is 18.1 Å². The molecule has 3 rings (SSSR count).